The zero-order valence-corrected chi connectivity index (χ0v) is 13.9. The van der Waals surface area contributed by atoms with Crippen LogP contribution in [0.3, 0.4) is 0 Å². The second kappa shape index (κ2) is 7.41. The molecule has 1 unspecified atom stereocenters. The summed E-state index contributed by atoms with van der Waals surface area (Å²) in [4.78, 5) is 14.7. The molecule has 0 aromatic rings. The highest BCUT2D eigenvalue weighted by molar-refractivity contribution is 5.80. The highest BCUT2D eigenvalue weighted by atomic mass is 16.5. The minimum Gasteiger partial charge on any atom is -0.465 e. The number of piperidine rings is 1. The quantitative estimate of drug-likeness (QED) is 0.729. The summed E-state index contributed by atoms with van der Waals surface area (Å²) in [7, 11) is 0. The summed E-state index contributed by atoms with van der Waals surface area (Å²) in [5.74, 6) is -0.128. The van der Waals surface area contributed by atoms with Gasteiger partial charge in [0.25, 0.3) is 0 Å². The zero-order chi connectivity index (χ0) is 15.2. The van der Waals surface area contributed by atoms with Crippen LogP contribution >= 0.6 is 0 Å². The van der Waals surface area contributed by atoms with Crippen molar-refractivity contribution in [2.45, 2.75) is 59.4 Å². The van der Waals surface area contributed by atoms with Gasteiger partial charge in [-0.15, -0.1) is 0 Å². The maximum absolute atomic E-state index is 12.3. The van der Waals surface area contributed by atoms with Gasteiger partial charge in [-0.05, 0) is 51.6 Å². The Hall–Kier alpha value is -0.610. The molecule has 1 N–H and O–H groups in total. The molecule has 1 aliphatic rings. The molecular formula is C16H32N2O2. The van der Waals surface area contributed by atoms with Crippen molar-refractivity contribution in [3.8, 4) is 0 Å². The first-order chi connectivity index (χ1) is 9.33. The molecule has 0 aromatic carbocycles. The SMILES string of the molecule is CCCNC(C)(CN1CCCC(C)(C)C1)C(=O)OCC. The van der Waals surface area contributed by atoms with E-state index in [1.54, 1.807) is 0 Å². The molecule has 20 heavy (non-hydrogen) atoms. The number of nitrogens with one attached hydrogen (secondary N) is 1. The van der Waals surface area contributed by atoms with Crippen LogP contribution in [0.1, 0.15) is 53.9 Å². The molecule has 1 heterocycles. The molecule has 0 spiro atoms. The van der Waals surface area contributed by atoms with E-state index in [1.807, 2.05) is 13.8 Å². The first kappa shape index (κ1) is 17.4. The first-order valence-corrected chi connectivity index (χ1v) is 7.97. The van der Waals surface area contributed by atoms with Crippen molar-refractivity contribution in [1.29, 1.82) is 0 Å². The molecule has 0 aliphatic carbocycles. The maximum Gasteiger partial charge on any atom is 0.327 e. The highest BCUT2D eigenvalue weighted by Gasteiger charge is 2.38. The van der Waals surface area contributed by atoms with E-state index in [0.717, 1.165) is 32.6 Å². The van der Waals surface area contributed by atoms with Crippen LogP contribution in [0.5, 0.6) is 0 Å². The van der Waals surface area contributed by atoms with E-state index in [-0.39, 0.29) is 5.97 Å². The van der Waals surface area contributed by atoms with Gasteiger partial charge in [-0.1, -0.05) is 20.8 Å². The van der Waals surface area contributed by atoms with Crippen LogP contribution in [-0.4, -0.2) is 49.2 Å². The minimum atomic E-state index is -0.598. The summed E-state index contributed by atoms with van der Waals surface area (Å²) < 4.78 is 5.27. The van der Waals surface area contributed by atoms with E-state index in [1.165, 1.54) is 12.8 Å². The molecule has 0 amide bonds. The Labute approximate surface area is 124 Å². The second-order valence-electron chi connectivity index (χ2n) is 6.96. The number of esters is 1. The Bertz CT molecular complexity index is 318. The van der Waals surface area contributed by atoms with Crippen LogP contribution in [0.4, 0.5) is 0 Å². The first-order valence-electron chi connectivity index (χ1n) is 7.97. The number of ether oxygens (including phenoxy) is 1. The average Bonchev–Trinajstić information content (AvgIpc) is 2.35. The fourth-order valence-electron chi connectivity index (χ4n) is 3.01. The van der Waals surface area contributed by atoms with Crippen molar-refractivity contribution >= 4 is 5.97 Å². The van der Waals surface area contributed by atoms with Gasteiger partial charge in [-0.25, -0.2) is 0 Å². The third-order valence-electron chi connectivity index (χ3n) is 4.01. The molecule has 0 bridgehead atoms. The van der Waals surface area contributed by atoms with Crippen LogP contribution in [0, 0.1) is 5.41 Å². The fourth-order valence-corrected chi connectivity index (χ4v) is 3.01. The lowest BCUT2D eigenvalue weighted by molar-refractivity contribution is -0.151. The number of nitrogens with zero attached hydrogens (tertiary/aromatic N) is 1. The summed E-state index contributed by atoms with van der Waals surface area (Å²) >= 11 is 0. The lowest BCUT2D eigenvalue weighted by Gasteiger charge is -2.42. The number of carbonyl (C=O) groups is 1. The van der Waals surface area contributed by atoms with Crippen molar-refractivity contribution < 1.29 is 9.53 Å². The Balaban J connectivity index is 2.70. The van der Waals surface area contributed by atoms with Crippen LogP contribution in [0.15, 0.2) is 0 Å². The Morgan fingerprint density at radius 1 is 1.40 bits per heavy atom. The van der Waals surface area contributed by atoms with E-state index < -0.39 is 5.54 Å². The van der Waals surface area contributed by atoms with Gasteiger partial charge in [-0.2, -0.15) is 0 Å². The maximum atomic E-state index is 12.3. The van der Waals surface area contributed by atoms with Crippen LogP contribution < -0.4 is 5.32 Å². The Morgan fingerprint density at radius 3 is 2.65 bits per heavy atom. The number of rotatable bonds is 7. The van der Waals surface area contributed by atoms with Gasteiger partial charge < -0.3 is 15.0 Å². The third-order valence-corrected chi connectivity index (χ3v) is 4.01. The molecule has 0 radical (unpaired) electrons. The smallest absolute Gasteiger partial charge is 0.327 e. The van der Waals surface area contributed by atoms with Crippen molar-refractivity contribution in [2.24, 2.45) is 5.41 Å². The van der Waals surface area contributed by atoms with Crippen molar-refractivity contribution in [1.82, 2.24) is 10.2 Å². The van der Waals surface area contributed by atoms with E-state index in [4.69, 9.17) is 4.74 Å². The molecule has 0 aromatic heterocycles. The minimum absolute atomic E-state index is 0.128. The normalized spacial score (nSPS) is 22.2. The summed E-state index contributed by atoms with van der Waals surface area (Å²) in [6.45, 7) is 14.7. The molecule has 4 heteroatoms. The number of carbonyl (C=O) groups excluding carboxylic acids is 1. The predicted molar refractivity (Wildman–Crippen MR) is 82.8 cm³/mol. The summed E-state index contributed by atoms with van der Waals surface area (Å²) in [6.07, 6.45) is 3.49. The molecule has 1 rings (SSSR count). The predicted octanol–water partition coefficient (Wildman–Crippen LogP) is 2.43. The third kappa shape index (κ3) is 5.06. The largest absolute Gasteiger partial charge is 0.465 e. The molecule has 0 saturated carbocycles. The van der Waals surface area contributed by atoms with Crippen molar-refractivity contribution in [2.75, 3.05) is 32.8 Å². The second-order valence-corrected chi connectivity index (χ2v) is 6.96. The van der Waals surface area contributed by atoms with E-state index in [2.05, 4.69) is 31.0 Å². The van der Waals surface area contributed by atoms with E-state index in [0.29, 0.717) is 12.0 Å². The van der Waals surface area contributed by atoms with E-state index in [9.17, 15) is 4.79 Å². The van der Waals surface area contributed by atoms with Gasteiger partial charge in [0.05, 0.1) is 6.61 Å². The molecule has 1 aliphatic heterocycles. The van der Waals surface area contributed by atoms with Gasteiger partial charge >= 0.3 is 5.97 Å². The van der Waals surface area contributed by atoms with Gasteiger partial charge in [0.1, 0.15) is 5.54 Å². The van der Waals surface area contributed by atoms with Gasteiger partial charge in [0, 0.05) is 13.1 Å². The van der Waals surface area contributed by atoms with Gasteiger partial charge in [0.15, 0.2) is 0 Å². The molecular weight excluding hydrogens is 252 g/mol. The number of likely N-dealkylation sites (tertiary alicyclic amines) is 1. The topological polar surface area (TPSA) is 41.6 Å². The summed E-state index contributed by atoms with van der Waals surface area (Å²) in [5.41, 5.74) is -0.252. The van der Waals surface area contributed by atoms with E-state index >= 15 is 0 Å². The summed E-state index contributed by atoms with van der Waals surface area (Å²) in [5, 5.41) is 3.39. The molecule has 1 atom stereocenters. The Morgan fingerprint density at radius 2 is 2.10 bits per heavy atom. The number of hydrogen-bond acceptors (Lipinski definition) is 4. The van der Waals surface area contributed by atoms with Crippen LogP contribution in [-0.2, 0) is 9.53 Å². The fraction of sp³-hybridized carbons (Fsp3) is 0.938. The average molecular weight is 284 g/mol. The lowest BCUT2D eigenvalue weighted by Crippen LogP contribution is -2.59. The lowest BCUT2D eigenvalue weighted by atomic mass is 9.83. The molecule has 1 saturated heterocycles. The van der Waals surface area contributed by atoms with Crippen LogP contribution in [0.25, 0.3) is 0 Å². The standard InChI is InChI=1S/C16H32N2O2/c1-6-10-17-16(5,14(19)20-7-2)13-18-11-8-9-15(3,4)12-18/h17H,6-13H2,1-5H3. The Kier molecular flexibility index (Phi) is 6.46. The van der Waals surface area contributed by atoms with Gasteiger partial charge in [0.2, 0.25) is 0 Å². The molecule has 4 nitrogen and oxygen atoms in total. The molecule has 118 valence electrons. The highest BCUT2D eigenvalue weighted by Crippen LogP contribution is 2.29. The summed E-state index contributed by atoms with van der Waals surface area (Å²) in [6, 6.07) is 0. The zero-order valence-electron chi connectivity index (χ0n) is 13.9. The number of hydrogen-bond donors (Lipinski definition) is 1. The van der Waals surface area contributed by atoms with Crippen LogP contribution in [0.2, 0.25) is 0 Å². The van der Waals surface area contributed by atoms with Gasteiger partial charge in [-0.3, -0.25) is 4.79 Å². The van der Waals surface area contributed by atoms with Crippen molar-refractivity contribution in [3.63, 3.8) is 0 Å². The van der Waals surface area contributed by atoms with Crippen molar-refractivity contribution in [3.05, 3.63) is 0 Å². The molecule has 1 fully saturated rings. The monoisotopic (exact) mass is 284 g/mol.